The Balaban J connectivity index is 1.53. The van der Waals surface area contributed by atoms with Crippen LogP contribution >= 0.6 is 11.3 Å². The van der Waals surface area contributed by atoms with E-state index in [-0.39, 0.29) is 29.9 Å². The van der Waals surface area contributed by atoms with Crippen LogP contribution in [0, 0.1) is 5.92 Å². The number of rotatable bonds is 7. The number of nitrogens with one attached hydrogen (secondary N) is 2. The van der Waals surface area contributed by atoms with Gasteiger partial charge in [-0.1, -0.05) is 0 Å². The average molecular weight is 404 g/mol. The molecule has 3 rings (SSSR count). The zero-order chi connectivity index (χ0) is 19.9. The zero-order valence-electron chi connectivity index (χ0n) is 15.9. The Labute approximate surface area is 167 Å². The lowest BCUT2D eigenvalue weighted by Crippen LogP contribution is -2.49. The predicted molar refractivity (Wildman–Crippen MR) is 104 cm³/mol. The number of carbonyl (C=O) groups is 2. The summed E-state index contributed by atoms with van der Waals surface area (Å²) in [6.07, 6.45) is 3.18. The van der Waals surface area contributed by atoms with E-state index in [4.69, 9.17) is 9.47 Å². The summed E-state index contributed by atoms with van der Waals surface area (Å²) in [5.74, 6) is 0.0997. The quantitative estimate of drug-likeness (QED) is 0.729. The fourth-order valence-electron chi connectivity index (χ4n) is 3.33. The van der Waals surface area contributed by atoms with Crippen LogP contribution in [-0.4, -0.2) is 48.1 Å². The van der Waals surface area contributed by atoms with E-state index in [1.807, 2.05) is 5.38 Å². The molecule has 1 fully saturated rings. The standard InChI is InChI=1S/C19H24N4O4S/c1-26-16-7-12(18(24)21-9-14-10-28-11-22-14)3-5-15(16)23-19(25)13-4-6-17(27-2)20-8-13/h4,6,8,10-12,15-16H,3,5,7,9H2,1-2H3,(H,21,24)(H,23,25)/t12-,15-,16-/m0/s1. The highest BCUT2D eigenvalue weighted by atomic mass is 32.1. The number of thiazole rings is 1. The van der Waals surface area contributed by atoms with Crippen molar-refractivity contribution in [2.45, 2.75) is 38.0 Å². The number of methoxy groups -OCH3 is 2. The topological polar surface area (TPSA) is 102 Å². The van der Waals surface area contributed by atoms with Crippen molar-refractivity contribution in [3.05, 3.63) is 40.5 Å². The minimum atomic E-state index is -0.223. The normalized spacial score (nSPS) is 21.7. The molecule has 2 amide bonds. The van der Waals surface area contributed by atoms with Crippen LogP contribution in [0.1, 0.15) is 35.3 Å². The molecule has 8 nitrogen and oxygen atoms in total. The molecule has 9 heteroatoms. The predicted octanol–water partition coefficient (Wildman–Crippen LogP) is 1.78. The molecule has 1 saturated carbocycles. The number of nitrogens with zero attached hydrogens (tertiary/aromatic N) is 2. The number of amides is 2. The van der Waals surface area contributed by atoms with E-state index in [0.717, 1.165) is 5.69 Å². The van der Waals surface area contributed by atoms with Crippen LogP contribution in [0.15, 0.2) is 29.2 Å². The molecule has 0 spiro atoms. The highest BCUT2D eigenvalue weighted by molar-refractivity contribution is 7.07. The first kappa shape index (κ1) is 20.2. The van der Waals surface area contributed by atoms with Crippen LogP contribution in [0.5, 0.6) is 5.88 Å². The van der Waals surface area contributed by atoms with Crippen molar-refractivity contribution in [3.63, 3.8) is 0 Å². The van der Waals surface area contributed by atoms with Crippen LogP contribution in [0.4, 0.5) is 0 Å². The lowest BCUT2D eigenvalue weighted by Gasteiger charge is -2.35. The van der Waals surface area contributed by atoms with Crippen molar-refractivity contribution in [1.29, 1.82) is 0 Å². The van der Waals surface area contributed by atoms with Crippen molar-refractivity contribution < 1.29 is 19.1 Å². The van der Waals surface area contributed by atoms with Crippen molar-refractivity contribution in [1.82, 2.24) is 20.6 Å². The van der Waals surface area contributed by atoms with E-state index in [1.54, 1.807) is 24.8 Å². The molecule has 2 aromatic heterocycles. The van der Waals surface area contributed by atoms with Crippen molar-refractivity contribution in [3.8, 4) is 5.88 Å². The summed E-state index contributed by atoms with van der Waals surface area (Å²) in [4.78, 5) is 33.2. The summed E-state index contributed by atoms with van der Waals surface area (Å²) in [6.45, 7) is 0.432. The zero-order valence-corrected chi connectivity index (χ0v) is 16.7. The Morgan fingerprint density at radius 3 is 2.75 bits per heavy atom. The van der Waals surface area contributed by atoms with Crippen molar-refractivity contribution in [2.24, 2.45) is 5.92 Å². The lowest BCUT2D eigenvalue weighted by atomic mass is 9.83. The molecule has 1 aliphatic carbocycles. The van der Waals surface area contributed by atoms with Gasteiger partial charge in [0.1, 0.15) is 0 Å². The first-order chi connectivity index (χ1) is 13.6. The van der Waals surface area contributed by atoms with Crippen LogP contribution in [0.3, 0.4) is 0 Å². The molecule has 0 saturated heterocycles. The summed E-state index contributed by atoms with van der Waals surface area (Å²) in [7, 11) is 3.13. The Morgan fingerprint density at radius 2 is 2.11 bits per heavy atom. The number of pyridine rings is 1. The third-order valence-electron chi connectivity index (χ3n) is 4.92. The molecule has 0 radical (unpaired) electrons. The number of hydrogen-bond acceptors (Lipinski definition) is 7. The second kappa shape index (κ2) is 9.61. The molecule has 150 valence electrons. The Kier molecular flexibility index (Phi) is 6.94. The van der Waals surface area contributed by atoms with E-state index < -0.39 is 0 Å². The maximum atomic E-state index is 12.5. The van der Waals surface area contributed by atoms with Crippen LogP contribution in [0.2, 0.25) is 0 Å². The van der Waals surface area contributed by atoms with Crippen LogP contribution in [-0.2, 0) is 16.1 Å². The Bertz CT molecular complexity index is 782. The van der Waals surface area contributed by atoms with Gasteiger partial charge in [-0.15, -0.1) is 11.3 Å². The van der Waals surface area contributed by atoms with Crippen molar-refractivity contribution >= 4 is 23.2 Å². The van der Waals surface area contributed by atoms with Gasteiger partial charge in [-0.05, 0) is 25.3 Å². The Hall–Kier alpha value is -2.52. The summed E-state index contributed by atoms with van der Waals surface area (Å²) in [5.41, 5.74) is 3.06. The summed E-state index contributed by atoms with van der Waals surface area (Å²) >= 11 is 1.50. The average Bonchev–Trinajstić information content (AvgIpc) is 3.26. The molecule has 28 heavy (non-hydrogen) atoms. The van der Waals surface area contributed by atoms with Gasteiger partial charge in [0.2, 0.25) is 11.8 Å². The lowest BCUT2D eigenvalue weighted by molar-refractivity contribution is -0.128. The Morgan fingerprint density at radius 1 is 1.25 bits per heavy atom. The molecule has 1 aliphatic rings. The molecule has 2 aromatic rings. The fourth-order valence-corrected chi connectivity index (χ4v) is 3.89. The molecule has 0 unspecified atom stereocenters. The number of hydrogen-bond donors (Lipinski definition) is 2. The largest absolute Gasteiger partial charge is 0.481 e. The molecular formula is C19H24N4O4S. The van der Waals surface area contributed by atoms with Gasteiger partial charge >= 0.3 is 0 Å². The van der Waals surface area contributed by atoms with Gasteiger partial charge in [0.15, 0.2) is 0 Å². The molecular weight excluding hydrogens is 380 g/mol. The number of ether oxygens (including phenoxy) is 2. The highest BCUT2D eigenvalue weighted by Crippen LogP contribution is 2.27. The van der Waals surface area contributed by atoms with E-state index >= 15 is 0 Å². The number of aromatic nitrogens is 2. The van der Waals surface area contributed by atoms with Crippen LogP contribution in [0.25, 0.3) is 0 Å². The van der Waals surface area contributed by atoms with Gasteiger partial charge in [-0.2, -0.15) is 0 Å². The third-order valence-corrected chi connectivity index (χ3v) is 5.55. The summed E-state index contributed by atoms with van der Waals surface area (Å²) in [6, 6.07) is 3.16. The maximum Gasteiger partial charge on any atom is 0.253 e. The van der Waals surface area contributed by atoms with Gasteiger partial charge in [0, 0.05) is 30.7 Å². The van der Waals surface area contributed by atoms with Crippen molar-refractivity contribution in [2.75, 3.05) is 14.2 Å². The summed E-state index contributed by atoms with van der Waals surface area (Å²) in [5, 5.41) is 7.85. The molecule has 2 N–H and O–H groups in total. The van der Waals surface area contributed by atoms with Gasteiger partial charge in [-0.25, -0.2) is 9.97 Å². The van der Waals surface area contributed by atoms with Gasteiger partial charge in [0.05, 0.1) is 42.6 Å². The first-order valence-corrected chi connectivity index (χ1v) is 10.0. The first-order valence-electron chi connectivity index (χ1n) is 9.09. The van der Waals surface area contributed by atoms with E-state index in [0.29, 0.717) is 37.3 Å². The van der Waals surface area contributed by atoms with Gasteiger partial charge in [-0.3, -0.25) is 9.59 Å². The van der Waals surface area contributed by atoms with Gasteiger partial charge < -0.3 is 20.1 Å². The highest BCUT2D eigenvalue weighted by Gasteiger charge is 2.35. The molecule has 0 aromatic carbocycles. The molecule has 0 bridgehead atoms. The third kappa shape index (κ3) is 5.05. The fraction of sp³-hybridized carbons (Fsp3) is 0.474. The molecule has 3 atom stereocenters. The van der Waals surface area contributed by atoms with E-state index in [2.05, 4.69) is 20.6 Å². The van der Waals surface area contributed by atoms with Gasteiger partial charge in [0.25, 0.3) is 5.91 Å². The van der Waals surface area contributed by atoms with E-state index in [9.17, 15) is 9.59 Å². The molecule has 2 heterocycles. The SMILES string of the molecule is COc1ccc(C(=O)N[C@H]2CC[C@H](C(=O)NCc3cscn3)C[C@@H]2OC)cn1. The molecule has 0 aliphatic heterocycles. The smallest absolute Gasteiger partial charge is 0.253 e. The minimum absolute atomic E-state index is 0.000758. The minimum Gasteiger partial charge on any atom is -0.481 e. The summed E-state index contributed by atoms with van der Waals surface area (Å²) < 4.78 is 10.6. The maximum absolute atomic E-state index is 12.5. The second-order valence-corrected chi connectivity index (χ2v) is 7.37. The monoisotopic (exact) mass is 404 g/mol. The second-order valence-electron chi connectivity index (χ2n) is 6.65. The van der Waals surface area contributed by atoms with Crippen LogP contribution < -0.4 is 15.4 Å². The number of carbonyl (C=O) groups excluding carboxylic acids is 2. The van der Waals surface area contributed by atoms with E-state index in [1.165, 1.54) is 24.6 Å².